The summed E-state index contributed by atoms with van der Waals surface area (Å²) in [6, 6.07) is 10.7. The summed E-state index contributed by atoms with van der Waals surface area (Å²) >= 11 is 0. The van der Waals surface area contributed by atoms with E-state index in [1.54, 1.807) is 0 Å². The van der Waals surface area contributed by atoms with Gasteiger partial charge >= 0.3 is 0 Å². The molecule has 1 heterocycles. The summed E-state index contributed by atoms with van der Waals surface area (Å²) in [5, 5.41) is 19.8. The van der Waals surface area contributed by atoms with Crippen molar-refractivity contribution in [1.29, 1.82) is 0 Å². The van der Waals surface area contributed by atoms with Gasteiger partial charge in [0.15, 0.2) is 0 Å². The largest absolute Gasteiger partial charge is 0.396 e. The van der Waals surface area contributed by atoms with Gasteiger partial charge in [-0.2, -0.15) is 0 Å². The van der Waals surface area contributed by atoms with E-state index in [0.717, 1.165) is 25.7 Å². The molecule has 1 amide bonds. The van der Waals surface area contributed by atoms with E-state index in [-0.39, 0.29) is 30.0 Å². The molecule has 1 aromatic carbocycles. The number of rotatable bonds is 4. The minimum absolute atomic E-state index is 0.0597. The molecule has 4 heteroatoms. The Morgan fingerprint density at radius 2 is 1.62 bits per heavy atom. The van der Waals surface area contributed by atoms with E-state index in [4.69, 9.17) is 0 Å². The van der Waals surface area contributed by atoms with E-state index in [2.05, 4.69) is 30.3 Å². The Hall–Kier alpha value is -1.39. The zero-order valence-corrected chi connectivity index (χ0v) is 15.3. The number of carbonyl (C=O) groups excluding carboxylic acids is 1. The number of aliphatic hydroxyl groups excluding tert-OH is 2. The topological polar surface area (TPSA) is 60.8 Å². The first-order valence-corrected chi connectivity index (χ1v) is 10.2. The molecule has 4 bridgehead atoms. The molecule has 1 saturated heterocycles. The second-order valence-corrected chi connectivity index (χ2v) is 9.28. The highest BCUT2D eigenvalue weighted by Crippen LogP contribution is 2.64. The lowest BCUT2D eigenvalue weighted by molar-refractivity contribution is -0.157. The summed E-state index contributed by atoms with van der Waals surface area (Å²) in [7, 11) is 0. The van der Waals surface area contributed by atoms with Crippen LogP contribution in [0.3, 0.4) is 0 Å². The van der Waals surface area contributed by atoms with Crippen molar-refractivity contribution in [3.05, 3.63) is 35.9 Å². The van der Waals surface area contributed by atoms with Gasteiger partial charge in [-0.3, -0.25) is 4.79 Å². The molecule has 1 aliphatic heterocycles. The van der Waals surface area contributed by atoms with Crippen LogP contribution in [0.25, 0.3) is 0 Å². The van der Waals surface area contributed by atoms with Crippen molar-refractivity contribution in [1.82, 2.24) is 4.90 Å². The van der Waals surface area contributed by atoms with Gasteiger partial charge in [-0.25, -0.2) is 0 Å². The molecule has 4 aliphatic carbocycles. The number of hydrogen-bond donors (Lipinski definition) is 2. The highest BCUT2D eigenvalue weighted by molar-refractivity contribution is 5.79. The van der Waals surface area contributed by atoms with Crippen LogP contribution >= 0.6 is 0 Å². The lowest BCUT2D eigenvalue weighted by Gasteiger charge is -2.63. The van der Waals surface area contributed by atoms with Crippen molar-refractivity contribution in [3.63, 3.8) is 0 Å². The maximum atomic E-state index is 13.1. The SMILES string of the molecule is O=C(CC1(c2ccccc2)C2CC3CC1CC(C2)C3O)N1CC(CO)C1. The molecule has 2 N–H and O–H groups in total. The fourth-order valence-corrected chi connectivity index (χ4v) is 6.83. The molecule has 26 heavy (non-hydrogen) atoms. The highest BCUT2D eigenvalue weighted by atomic mass is 16.3. The Kier molecular flexibility index (Phi) is 3.91. The van der Waals surface area contributed by atoms with E-state index in [1.807, 2.05) is 4.90 Å². The molecule has 5 fully saturated rings. The third kappa shape index (κ3) is 2.31. The van der Waals surface area contributed by atoms with E-state index < -0.39 is 0 Å². The molecule has 1 aromatic rings. The van der Waals surface area contributed by atoms with Crippen molar-refractivity contribution in [2.24, 2.45) is 29.6 Å². The molecule has 0 atom stereocenters. The zero-order chi connectivity index (χ0) is 17.9. The maximum Gasteiger partial charge on any atom is 0.223 e. The van der Waals surface area contributed by atoms with Crippen LogP contribution in [0.4, 0.5) is 0 Å². The van der Waals surface area contributed by atoms with E-state index in [9.17, 15) is 15.0 Å². The number of hydrogen-bond acceptors (Lipinski definition) is 3. The summed E-state index contributed by atoms with van der Waals surface area (Å²) in [6.07, 6.45) is 4.74. The normalized spacial score (nSPS) is 41.3. The summed E-state index contributed by atoms with van der Waals surface area (Å²) < 4.78 is 0. The second kappa shape index (κ2) is 6.07. The van der Waals surface area contributed by atoms with Crippen LogP contribution in [-0.4, -0.2) is 46.8 Å². The Labute approximate surface area is 155 Å². The minimum Gasteiger partial charge on any atom is -0.396 e. The number of likely N-dealkylation sites (tertiary alicyclic amines) is 1. The first kappa shape index (κ1) is 16.8. The van der Waals surface area contributed by atoms with Gasteiger partial charge in [-0.05, 0) is 54.9 Å². The van der Waals surface area contributed by atoms with Gasteiger partial charge in [-0.1, -0.05) is 30.3 Å². The van der Waals surface area contributed by atoms with Crippen molar-refractivity contribution in [2.45, 2.75) is 43.6 Å². The minimum atomic E-state index is -0.118. The molecule has 5 aliphatic rings. The van der Waals surface area contributed by atoms with Crippen LogP contribution in [0.5, 0.6) is 0 Å². The monoisotopic (exact) mass is 355 g/mol. The molecule has 0 aromatic heterocycles. The molecule has 0 radical (unpaired) electrons. The van der Waals surface area contributed by atoms with Crippen LogP contribution in [0.2, 0.25) is 0 Å². The number of benzene rings is 1. The first-order valence-electron chi connectivity index (χ1n) is 10.2. The Balaban J connectivity index is 1.47. The fourth-order valence-electron chi connectivity index (χ4n) is 6.83. The average molecular weight is 355 g/mol. The third-order valence-electron chi connectivity index (χ3n) is 8.10. The molecule has 6 rings (SSSR count). The van der Waals surface area contributed by atoms with Crippen molar-refractivity contribution in [2.75, 3.05) is 19.7 Å². The Morgan fingerprint density at radius 1 is 1.04 bits per heavy atom. The quantitative estimate of drug-likeness (QED) is 0.870. The lowest BCUT2D eigenvalue weighted by Crippen LogP contribution is -2.62. The Morgan fingerprint density at radius 3 is 2.15 bits per heavy atom. The van der Waals surface area contributed by atoms with Crippen LogP contribution in [0.15, 0.2) is 30.3 Å². The third-order valence-corrected chi connectivity index (χ3v) is 8.10. The van der Waals surface area contributed by atoms with Crippen LogP contribution in [-0.2, 0) is 10.2 Å². The molecule has 4 saturated carbocycles. The van der Waals surface area contributed by atoms with Crippen molar-refractivity contribution < 1.29 is 15.0 Å². The van der Waals surface area contributed by atoms with Gasteiger partial charge in [-0.15, -0.1) is 0 Å². The molecule has 4 nitrogen and oxygen atoms in total. The maximum absolute atomic E-state index is 13.1. The second-order valence-electron chi connectivity index (χ2n) is 9.28. The Bertz CT molecular complexity index is 652. The van der Waals surface area contributed by atoms with Gasteiger partial charge < -0.3 is 15.1 Å². The molecule has 140 valence electrons. The number of nitrogens with zero attached hydrogens (tertiary/aromatic N) is 1. The van der Waals surface area contributed by atoms with E-state index >= 15 is 0 Å². The lowest BCUT2D eigenvalue weighted by atomic mass is 9.42. The van der Waals surface area contributed by atoms with Gasteiger partial charge in [0, 0.05) is 37.5 Å². The van der Waals surface area contributed by atoms with Gasteiger partial charge in [0.05, 0.1) is 6.10 Å². The van der Waals surface area contributed by atoms with E-state index in [1.165, 1.54) is 5.56 Å². The van der Waals surface area contributed by atoms with E-state index in [0.29, 0.717) is 43.2 Å². The van der Waals surface area contributed by atoms with Crippen LogP contribution in [0, 0.1) is 29.6 Å². The summed E-state index contributed by atoms with van der Waals surface area (Å²) in [6.45, 7) is 1.60. The van der Waals surface area contributed by atoms with Gasteiger partial charge in [0.25, 0.3) is 0 Å². The highest BCUT2D eigenvalue weighted by Gasteiger charge is 2.61. The summed E-state index contributed by atoms with van der Waals surface area (Å²) in [5.41, 5.74) is 1.27. The predicted octanol–water partition coefficient (Wildman–Crippen LogP) is 2.19. The smallest absolute Gasteiger partial charge is 0.223 e. The standard InChI is InChI=1S/C22H29NO3/c24-13-14-11-23(12-14)20(25)10-22(17-4-2-1-3-5-17)18-6-15-7-19(22)9-16(8-18)21(15)26/h1-5,14-16,18-19,21,24,26H,6-13H2. The number of amides is 1. The summed E-state index contributed by atoms with van der Waals surface area (Å²) in [4.78, 5) is 15.1. The van der Waals surface area contributed by atoms with Crippen molar-refractivity contribution >= 4 is 5.91 Å². The van der Waals surface area contributed by atoms with Crippen LogP contribution in [0.1, 0.15) is 37.7 Å². The van der Waals surface area contributed by atoms with Gasteiger partial charge in [0.1, 0.15) is 0 Å². The number of carbonyl (C=O) groups is 1. The fraction of sp³-hybridized carbons (Fsp3) is 0.682. The molecular formula is C22H29NO3. The molecule has 0 spiro atoms. The van der Waals surface area contributed by atoms with Crippen molar-refractivity contribution in [3.8, 4) is 0 Å². The first-order chi connectivity index (χ1) is 12.6. The molecular weight excluding hydrogens is 326 g/mol. The predicted molar refractivity (Wildman–Crippen MR) is 98.3 cm³/mol. The average Bonchev–Trinajstić information content (AvgIpc) is 2.60. The van der Waals surface area contributed by atoms with Gasteiger partial charge in [0.2, 0.25) is 5.91 Å². The summed E-state index contributed by atoms with van der Waals surface area (Å²) in [5.74, 6) is 2.41. The zero-order valence-electron chi connectivity index (χ0n) is 15.3. The van der Waals surface area contributed by atoms with Crippen LogP contribution < -0.4 is 0 Å². The molecule has 0 unspecified atom stereocenters. The number of aliphatic hydroxyl groups is 2.